The highest BCUT2D eigenvalue weighted by Gasteiger charge is 2.46. The molecule has 1 unspecified atom stereocenters. The van der Waals surface area contributed by atoms with Gasteiger partial charge in [-0.15, -0.1) is 0 Å². The third-order valence-corrected chi connectivity index (χ3v) is 7.00. The summed E-state index contributed by atoms with van der Waals surface area (Å²) in [5, 5.41) is 3.09. The summed E-state index contributed by atoms with van der Waals surface area (Å²) in [6, 6.07) is 0.866. The summed E-state index contributed by atoms with van der Waals surface area (Å²) in [7, 11) is 0. The summed E-state index contributed by atoms with van der Waals surface area (Å²) in [5.41, 5.74) is -0.180. The minimum absolute atomic E-state index is 0.0803. The fourth-order valence-corrected chi connectivity index (χ4v) is 5.23. The zero-order valence-corrected chi connectivity index (χ0v) is 18.0. The summed E-state index contributed by atoms with van der Waals surface area (Å²) in [4.78, 5) is 29.8. The average molecular weight is 408 g/mol. The van der Waals surface area contributed by atoms with Crippen molar-refractivity contribution in [2.45, 2.75) is 88.9 Å². The fourth-order valence-electron chi connectivity index (χ4n) is 5.23. The van der Waals surface area contributed by atoms with E-state index in [-0.39, 0.29) is 29.6 Å². The van der Waals surface area contributed by atoms with E-state index in [1.807, 2.05) is 18.7 Å². The lowest BCUT2D eigenvalue weighted by Gasteiger charge is -2.49. The van der Waals surface area contributed by atoms with Gasteiger partial charge in [0.2, 0.25) is 5.91 Å². The third kappa shape index (κ3) is 4.88. The second-order valence-corrected chi connectivity index (χ2v) is 9.63. The number of piperidine rings is 1. The zero-order chi connectivity index (χ0) is 20.4. The molecule has 0 aromatic heterocycles. The fraction of sp³-hybridized carbons (Fsp3) is 0.909. The summed E-state index contributed by atoms with van der Waals surface area (Å²) >= 11 is 0. The van der Waals surface area contributed by atoms with E-state index in [0.717, 1.165) is 64.5 Å². The van der Waals surface area contributed by atoms with Crippen LogP contribution in [0, 0.1) is 5.92 Å². The zero-order valence-electron chi connectivity index (χ0n) is 18.0. The van der Waals surface area contributed by atoms with Crippen LogP contribution in [0.1, 0.15) is 65.2 Å². The van der Waals surface area contributed by atoms with Crippen molar-refractivity contribution in [3.05, 3.63) is 0 Å². The largest absolute Gasteiger partial charge is 0.381 e. The highest BCUT2D eigenvalue weighted by atomic mass is 16.5. The van der Waals surface area contributed by atoms with Crippen LogP contribution in [0.5, 0.6) is 0 Å². The first-order valence-electron chi connectivity index (χ1n) is 11.6. The monoisotopic (exact) mass is 407 g/mol. The highest BCUT2D eigenvalue weighted by molar-refractivity contribution is 5.79. The molecule has 1 spiro atoms. The highest BCUT2D eigenvalue weighted by Crippen LogP contribution is 2.40. The Labute approximate surface area is 174 Å². The molecule has 3 saturated heterocycles. The van der Waals surface area contributed by atoms with Gasteiger partial charge in [0.15, 0.2) is 0 Å². The normalized spacial score (nSPS) is 27.8. The van der Waals surface area contributed by atoms with E-state index in [1.54, 1.807) is 0 Å². The lowest BCUT2D eigenvalue weighted by atomic mass is 9.81. The van der Waals surface area contributed by atoms with E-state index >= 15 is 0 Å². The smallest absolute Gasteiger partial charge is 0.318 e. The molecule has 1 atom stereocenters. The first kappa shape index (κ1) is 20.9. The van der Waals surface area contributed by atoms with E-state index in [1.165, 1.54) is 0 Å². The number of ether oxygens (including phenoxy) is 2. The predicted octanol–water partition coefficient (Wildman–Crippen LogP) is 2.54. The number of nitrogens with zero attached hydrogens (tertiary/aromatic N) is 2. The molecule has 0 radical (unpaired) electrons. The molecule has 1 aliphatic carbocycles. The number of carbonyl (C=O) groups is 2. The summed E-state index contributed by atoms with van der Waals surface area (Å²) in [5.74, 6) is 0.425. The maximum absolute atomic E-state index is 12.9. The van der Waals surface area contributed by atoms with Crippen LogP contribution >= 0.6 is 0 Å². The predicted molar refractivity (Wildman–Crippen MR) is 110 cm³/mol. The SMILES string of the molecule is CC(C)NC(=O)N(C1CC1)C1CCOC2(CCN(C(=O)C3CCOCC3)CC2)C1. The van der Waals surface area contributed by atoms with Crippen molar-refractivity contribution >= 4 is 11.9 Å². The Morgan fingerprint density at radius 2 is 1.69 bits per heavy atom. The molecule has 0 bridgehead atoms. The quantitative estimate of drug-likeness (QED) is 0.777. The number of hydrogen-bond donors (Lipinski definition) is 1. The molecular formula is C22H37N3O4. The molecule has 0 aromatic carbocycles. The van der Waals surface area contributed by atoms with Gasteiger partial charge in [0.25, 0.3) is 0 Å². The van der Waals surface area contributed by atoms with E-state index in [0.29, 0.717) is 31.8 Å². The van der Waals surface area contributed by atoms with Crippen LogP contribution in [0.3, 0.4) is 0 Å². The van der Waals surface area contributed by atoms with Crippen LogP contribution in [0.4, 0.5) is 4.79 Å². The van der Waals surface area contributed by atoms with Gasteiger partial charge in [-0.25, -0.2) is 4.79 Å². The number of amides is 3. The van der Waals surface area contributed by atoms with Crippen molar-refractivity contribution < 1.29 is 19.1 Å². The maximum Gasteiger partial charge on any atom is 0.318 e. The molecule has 3 aliphatic heterocycles. The molecule has 3 heterocycles. The second kappa shape index (κ2) is 8.80. The van der Waals surface area contributed by atoms with Crippen LogP contribution in [0.15, 0.2) is 0 Å². The van der Waals surface area contributed by atoms with Gasteiger partial charge >= 0.3 is 6.03 Å². The number of urea groups is 1. The number of rotatable bonds is 4. The molecule has 29 heavy (non-hydrogen) atoms. The van der Waals surface area contributed by atoms with Gasteiger partial charge in [-0.1, -0.05) is 0 Å². The van der Waals surface area contributed by atoms with Crippen LogP contribution < -0.4 is 5.32 Å². The standard InChI is InChI=1S/C22H37N3O4/c1-16(2)23-21(27)25(18-3-4-18)19-7-14-29-22(15-19)8-10-24(11-9-22)20(26)17-5-12-28-13-6-17/h16-19H,3-15H2,1-2H3,(H,23,27). The summed E-state index contributed by atoms with van der Waals surface area (Å²) < 4.78 is 11.7. The van der Waals surface area contributed by atoms with Gasteiger partial charge in [-0.2, -0.15) is 0 Å². The lowest BCUT2D eigenvalue weighted by molar-refractivity contribution is -0.153. The molecule has 7 nitrogen and oxygen atoms in total. The van der Waals surface area contributed by atoms with Crippen LogP contribution in [-0.4, -0.2) is 78.4 Å². The molecule has 4 fully saturated rings. The molecule has 7 heteroatoms. The van der Waals surface area contributed by atoms with Gasteiger partial charge < -0.3 is 24.6 Å². The molecule has 0 aromatic rings. The Hall–Kier alpha value is -1.34. The van der Waals surface area contributed by atoms with Crippen molar-refractivity contribution in [3.8, 4) is 0 Å². The molecule has 1 saturated carbocycles. The summed E-state index contributed by atoms with van der Waals surface area (Å²) in [6.07, 6.45) is 7.49. The number of carbonyl (C=O) groups excluding carboxylic acids is 2. The lowest BCUT2D eigenvalue weighted by Crippen LogP contribution is -2.58. The minimum atomic E-state index is -0.180. The Balaban J connectivity index is 1.35. The Morgan fingerprint density at radius 3 is 2.31 bits per heavy atom. The minimum Gasteiger partial charge on any atom is -0.381 e. The van der Waals surface area contributed by atoms with E-state index < -0.39 is 0 Å². The first-order valence-corrected chi connectivity index (χ1v) is 11.6. The molecule has 3 amide bonds. The molecule has 164 valence electrons. The van der Waals surface area contributed by atoms with Crippen molar-refractivity contribution in [2.24, 2.45) is 5.92 Å². The number of likely N-dealkylation sites (tertiary alicyclic amines) is 1. The molecule has 4 rings (SSSR count). The van der Waals surface area contributed by atoms with Crippen molar-refractivity contribution in [1.29, 1.82) is 0 Å². The van der Waals surface area contributed by atoms with Gasteiger partial charge in [0.1, 0.15) is 0 Å². The van der Waals surface area contributed by atoms with Gasteiger partial charge in [0, 0.05) is 57.0 Å². The van der Waals surface area contributed by atoms with Crippen LogP contribution in [-0.2, 0) is 14.3 Å². The van der Waals surface area contributed by atoms with Gasteiger partial charge in [0.05, 0.1) is 5.60 Å². The molecular weight excluding hydrogens is 370 g/mol. The summed E-state index contributed by atoms with van der Waals surface area (Å²) in [6.45, 7) is 7.67. The van der Waals surface area contributed by atoms with Crippen molar-refractivity contribution in [2.75, 3.05) is 32.9 Å². The molecule has 4 aliphatic rings. The Morgan fingerprint density at radius 1 is 1.00 bits per heavy atom. The Kier molecular flexibility index (Phi) is 6.35. The molecule has 1 N–H and O–H groups in total. The van der Waals surface area contributed by atoms with Crippen molar-refractivity contribution in [1.82, 2.24) is 15.1 Å². The van der Waals surface area contributed by atoms with Crippen LogP contribution in [0.2, 0.25) is 0 Å². The van der Waals surface area contributed by atoms with Gasteiger partial charge in [-0.05, 0) is 65.2 Å². The van der Waals surface area contributed by atoms with Crippen molar-refractivity contribution in [3.63, 3.8) is 0 Å². The maximum atomic E-state index is 12.9. The number of nitrogens with one attached hydrogen (secondary N) is 1. The topological polar surface area (TPSA) is 71.1 Å². The van der Waals surface area contributed by atoms with Crippen LogP contribution in [0.25, 0.3) is 0 Å². The third-order valence-electron chi connectivity index (χ3n) is 7.00. The number of hydrogen-bond acceptors (Lipinski definition) is 4. The first-order chi connectivity index (χ1) is 14.0. The Bertz CT molecular complexity index is 593. The van der Waals surface area contributed by atoms with E-state index in [9.17, 15) is 9.59 Å². The van der Waals surface area contributed by atoms with E-state index in [2.05, 4.69) is 10.2 Å². The average Bonchev–Trinajstić information content (AvgIpc) is 3.53. The van der Waals surface area contributed by atoms with Gasteiger partial charge in [-0.3, -0.25) is 4.79 Å². The van der Waals surface area contributed by atoms with E-state index in [4.69, 9.17) is 9.47 Å². The second-order valence-electron chi connectivity index (χ2n) is 9.63.